The summed E-state index contributed by atoms with van der Waals surface area (Å²) in [5.74, 6) is -0.199. The van der Waals surface area contributed by atoms with Crippen LogP contribution in [-0.2, 0) is 16.0 Å². The summed E-state index contributed by atoms with van der Waals surface area (Å²) in [6.45, 7) is 9.74. The molecular formula is C19H30N2O3. The summed E-state index contributed by atoms with van der Waals surface area (Å²) in [4.78, 5) is 24.2. The lowest BCUT2D eigenvalue weighted by Crippen LogP contribution is -2.51. The Kier molecular flexibility index (Phi) is 7.75. The van der Waals surface area contributed by atoms with Crippen molar-refractivity contribution in [1.29, 1.82) is 0 Å². The average molecular weight is 334 g/mol. The Hall–Kier alpha value is -2.04. The zero-order valence-corrected chi connectivity index (χ0v) is 15.4. The van der Waals surface area contributed by atoms with Gasteiger partial charge in [-0.25, -0.2) is 4.79 Å². The van der Waals surface area contributed by atoms with Gasteiger partial charge in [0.1, 0.15) is 11.6 Å². The second-order valence-corrected chi connectivity index (χ2v) is 7.25. The molecule has 1 rings (SSSR count). The summed E-state index contributed by atoms with van der Waals surface area (Å²) in [7, 11) is 0. The Balaban J connectivity index is 2.41. The van der Waals surface area contributed by atoms with E-state index in [4.69, 9.17) is 4.74 Å². The molecule has 0 radical (unpaired) electrons. The Bertz CT molecular complexity index is 521. The fourth-order valence-electron chi connectivity index (χ4n) is 2.23. The molecule has 0 aromatic heterocycles. The Morgan fingerprint density at radius 3 is 2.29 bits per heavy atom. The molecule has 0 spiro atoms. The number of rotatable bonds is 7. The normalized spacial score (nSPS) is 12.6. The number of carbonyl (C=O) groups excluding carboxylic acids is 2. The third kappa shape index (κ3) is 7.99. The summed E-state index contributed by atoms with van der Waals surface area (Å²) >= 11 is 0. The van der Waals surface area contributed by atoms with Crippen molar-refractivity contribution in [1.82, 2.24) is 10.6 Å². The van der Waals surface area contributed by atoms with Crippen LogP contribution in [0.4, 0.5) is 4.79 Å². The SMILES string of the molecule is CC(C)[C@@H](NC(=O)OC(C)(C)C)C(=O)NCCCc1ccccc1. The van der Waals surface area contributed by atoms with Gasteiger partial charge in [0.05, 0.1) is 0 Å². The summed E-state index contributed by atoms with van der Waals surface area (Å²) in [6.07, 6.45) is 1.19. The standard InChI is InChI=1S/C19H30N2O3/c1-14(2)16(21-18(23)24-19(3,4)5)17(22)20-13-9-12-15-10-7-6-8-11-15/h6-8,10-11,14,16H,9,12-13H2,1-5H3,(H,20,22)(H,21,23)/t16-/m1/s1. The van der Waals surface area contributed by atoms with Gasteiger partial charge in [0.2, 0.25) is 5.91 Å². The van der Waals surface area contributed by atoms with Gasteiger partial charge in [0, 0.05) is 6.54 Å². The van der Waals surface area contributed by atoms with Gasteiger partial charge in [0.25, 0.3) is 0 Å². The summed E-state index contributed by atoms with van der Waals surface area (Å²) in [6, 6.07) is 9.55. The number of hydrogen-bond acceptors (Lipinski definition) is 3. The number of ether oxygens (including phenoxy) is 1. The Morgan fingerprint density at radius 1 is 1.12 bits per heavy atom. The molecule has 0 unspecified atom stereocenters. The van der Waals surface area contributed by atoms with Crippen molar-refractivity contribution in [2.45, 2.75) is 59.1 Å². The van der Waals surface area contributed by atoms with Gasteiger partial charge >= 0.3 is 6.09 Å². The van der Waals surface area contributed by atoms with E-state index in [0.717, 1.165) is 12.8 Å². The number of benzene rings is 1. The van der Waals surface area contributed by atoms with Gasteiger partial charge in [0.15, 0.2) is 0 Å². The molecule has 134 valence electrons. The van der Waals surface area contributed by atoms with Crippen molar-refractivity contribution in [2.24, 2.45) is 5.92 Å². The van der Waals surface area contributed by atoms with Crippen LogP contribution in [0, 0.1) is 5.92 Å². The summed E-state index contributed by atoms with van der Waals surface area (Å²) in [5.41, 5.74) is 0.664. The molecule has 0 heterocycles. The number of nitrogens with one attached hydrogen (secondary N) is 2. The van der Waals surface area contributed by atoms with E-state index in [0.29, 0.717) is 6.54 Å². The summed E-state index contributed by atoms with van der Waals surface area (Å²) in [5, 5.41) is 5.55. The molecule has 1 atom stereocenters. The van der Waals surface area contributed by atoms with E-state index < -0.39 is 17.7 Å². The second kappa shape index (κ2) is 9.30. The highest BCUT2D eigenvalue weighted by Crippen LogP contribution is 2.09. The number of aryl methyl sites for hydroxylation is 1. The van der Waals surface area contributed by atoms with Crippen molar-refractivity contribution >= 4 is 12.0 Å². The third-order valence-corrected chi connectivity index (χ3v) is 3.41. The van der Waals surface area contributed by atoms with Crippen LogP contribution < -0.4 is 10.6 Å². The first kappa shape index (κ1) is 20.0. The fourth-order valence-corrected chi connectivity index (χ4v) is 2.23. The van der Waals surface area contributed by atoms with Crippen LogP contribution in [0.15, 0.2) is 30.3 Å². The lowest BCUT2D eigenvalue weighted by molar-refractivity contribution is -0.124. The molecule has 1 aromatic rings. The van der Waals surface area contributed by atoms with E-state index in [2.05, 4.69) is 22.8 Å². The van der Waals surface area contributed by atoms with Crippen LogP contribution in [0.25, 0.3) is 0 Å². The maximum atomic E-state index is 12.3. The van der Waals surface area contributed by atoms with Crippen molar-refractivity contribution < 1.29 is 14.3 Å². The largest absolute Gasteiger partial charge is 0.444 e. The fraction of sp³-hybridized carbons (Fsp3) is 0.579. The third-order valence-electron chi connectivity index (χ3n) is 3.41. The topological polar surface area (TPSA) is 67.4 Å². The minimum Gasteiger partial charge on any atom is -0.444 e. The first-order chi connectivity index (χ1) is 11.2. The smallest absolute Gasteiger partial charge is 0.408 e. The highest BCUT2D eigenvalue weighted by atomic mass is 16.6. The van der Waals surface area contributed by atoms with Gasteiger partial charge in [-0.05, 0) is 45.1 Å². The van der Waals surface area contributed by atoms with Crippen LogP contribution in [-0.4, -0.2) is 30.2 Å². The van der Waals surface area contributed by atoms with E-state index in [1.54, 1.807) is 20.8 Å². The molecule has 2 amide bonds. The zero-order chi connectivity index (χ0) is 18.2. The minimum atomic E-state index is -0.600. The van der Waals surface area contributed by atoms with Crippen LogP contribution in [0.5, 0.6) is 0 Å². The lowest BCUT2D eigenvalue weighted by atomic mass is 10.0. The molecule has 0 bridgehead atoms. The maximum Gasteiger partial charge on any atom is 0.408 e. The summed E-state index contributed by atoms with van der Waals surface area (Å²) < 4.78 is 5.22. The molecule has 0 saturated carbocycles. The molecule has 0 aliphatic heterocycles. The van der Waals surface area contributed by atoms with E-state index in [-0.39, 0.29) is 11.8 Å². The molecule has 0 aliphatic carbocycles. The van der Waals surface area contributed by atoms with E-state index in [1.807, 2.05) is 32.0 Å². The molecule has 0 saturated heterocycles. The van der Waals surface area contributed by atoms with Gasteiger partial charge in [-0.2, -0.15) is 0 Å². The molecule has 1 aromatic carbocycles. The minimum absolute atomic E-state index is 0.0216. The molecule has 24 heavy (non-hydrogen) atoms. The molecule has 2 N–H and O–H groups in total. The molecule has 0 fully saturated rings. The highest BCUT2D eigenvalue weighted by Gasteiger charge is 2.26. The number of carbonyl (C=O) groups is 2. The Labute approximate surface area is 145 Å². The molecular weight excluding hydrogens is 304 g/mol. The van der Waals surface area contributed by atoms with E-state index in [1.165, 1.54) is 5.56 Å². The van der Waals surface area contributed by atoms with Gasteiger partial charge in [-0.3, -0.25) is 4.79 Å². The van der Waals surface area contributed by atoms with Crippen molar-refractivity contribution in [2.75, 3.05) is 6.54 Å². The number of hydrogen-bond donors (Lipinski definition) is 2. The predicted molar refractivity (Wildman–Crippen MR) is 95.8 cm³/mol. The first-order valence-corrected chi connectivity index (χ1v) is 8.50. The molecule has 5 nitrogen and oxygen atoms in total. The highest BCUT2D eigenvalue weighted by molar-refractivity contribution is 5.85. The predicted octanol–water partition coefficient (Wildman–Crippen LogP) is 3.28. The van der Waals surface area contributed by atoms with Crippen LogP contribution in [0.3, 0.4) is 0 Å². The van der Waals surface area contributed by atoms with Crippen LogP contribution >= 0.6 is 0 Å². The van der Waals surface area contributed by atoms with Gasteiger partial charge < -0.3 is 15.4 Å². The second-order valence-electron chi connectivity index (χ2n) is 7.25. The quantitative estimate of drug-likeness (QED) is 0.752. The number of alkyl carbamates (subject to hydrolysis) is 1. The number of amides is 2. The Morgan fingerprint density at radius 2 is 1.75 bits per heavy atom. The maximum absolute atomic E-state index is 12.3. The van der Waals surface area contributed by atoms with E-state index in [9.17, 15) is 9.59 Å². The van der Waals surface area contributed by atoms with Crippen molar-refractivity contribution in [3.63, 3.8) is 0 Å². The monoisotopic (exact) mass is 334 g/mol. The van der Waals surface area contributed by atoms with Gasteiger partial charge in [-0.15, -0.1) is 0 Å². The zero-order valence-electron chi connectivity index (χ0n) is 15.4. The first-order valence-electron chi connectivity index (χ1n) is 8.50. The lowest BCUT2D eigenvalue weighted by Gasteiger charge is -2.25. The molecule has 0 aliphatic rings. The van der Waals surface area contributed by atoms with E-state index >= 15 is 0 Å². The average Bonchev–Trinajstić information content (AvgIpc) is 2.48. The van der Waals surface area contributed by atoms with Crippen molar-refractivity contribution in [3.8, 4) is 0 Å². The van der Waals surface area contributed by atoms with Crippen LogP contribution in [0.1, 0.15) is 46.6 Å². The van der Waals surface area contributed by atoms with Crippen molar-refractivity contribution in [3.05, 3.63) is 35.9 Å². The molecule has 5 heteroatoms. The van der Waals surface area contributed by atoms with Gasteiger partial charge in [-0.1, -0.05) is 44.2 Å². The van der Waals surface area contributed by atoms with Crippen LogP contribution in [0.2, 0.25) is 0 Å².